The summed E-state index contributed by atoms with van der Waals surface area (Å²) in [6.45, 7) is 4.58. The Morgan fingerprint density at radius 2 is 1.83 bits per heavy atom. The van der Waals surface area contributed by atoms with E-state index in [1.165, 1.54) is 18.3 Å². The molecule has 1 atom stereocenters. The highest BCUT2D eigenvalue weighted by atomic mass is 32.1. The first-order chi connectivity index (χ1) is 13.8. The van der Waals surface area contributed by atoms with E-state index in [4.69, 9.17) is 4.74 Å². The number of benzene rings is 1. The highest BCUT2D eigenvalue weighted by molar-refractivity contribution is 7.12. The van der Waals surface area contributed by atoms with Crippen molar-refractivity contribution in [3.63, 3.8) is 0 Å². The van der Waals surface area contributed by atoms with Gasteiger partial charge in [-0.15, -0.1) is 11.3 Å². The minimum atomic E-state index is -1.03. The quantitative estimate of drug-likeness (QED) is 0.567. The Kier molecular flexibility index (Phi) is 7.90. The fraction of sp³-hybridized carbons (Fsp3) is 0.300. The van der Waals surface area contributed by atoms with Crippen LogP contribution in [0.4, 0.5) is 5.69 Å². The van der Waals surface area contributed by atoms with Gasteiger partial charge in [-0.1, -0.05) is 23.8 Å². The van der Waals surface area contributed by atoms with Gasteiger partial charge in [-0.2, -0.15) is 0 Å². The van der Waals surface area contributed by atoms with Crippen molar-refractivity contribution in [2.45, 2.75) is 26.9 Å². The lowest BCUT2D eigenvalue weighted by molar-refractivity contribution is -0.152. The lowest BCUT2D eigenvalue weighted by Crippen LogP contribution is -2.40. The molecule has 9 heteroatoms. The molecule has 1 heterocycles. The second kappa shape index (κ2) is 10.4. The normalized spacial score (nSPS) is 11.3. The predicted octanol–water partition coefficient (Wildman–Crippen LogP) is 1.78. The number of esters is 1. The zero-order valence-corrected chi connectivity index (χ0v) is 17.2. The highest BCUT2D eigenvalue weighted by Gasteiger charge is 2.19. The van der Waals surface area contributed by atoms with Crippen LogP contribution in [-0.4, -0.2) is 42.9 Å². The van der Waals surface area contributed by atoms with Gasteiger partial charge in [0.05, 0.1) is 11.4 Å². The number of hydrogen-bond acceptors (Lipinski definition) is 6. The maximum absolute atomic E-state index is 12.2. The summed E-state index contributed by atoms with van der Waals surface area (Å²) in [5, 5.41) is 9.24. The van der Waals surface area contributed by atoms with Crippen molar-refractivity contribution in [2.75, 3.05) is 18.4 Å². The molecule has 0 saturated carbocycles. The number of carbonyl (C=O) groups excluding carboxylic acids is 4. The smallest absolute Gasteiger partial charge is 0.326 e. The molecule has 0 aliphatic carbocycles. The van der Waals surface area contributed by atoms with Gasteiger partial charge in [-0.25, -0.2) is 0 Å². The Morgan fingerprint density at radius 1 is 1.07 bits per heavy atom. The molecule has 8 nitrogen and oxygen atoms in total. The van der Waals surface area contributed by atoms with Gasteiger partial charge in [0, 0.05) is 5.69 Å². The molecule has 0 bridgehead atoms. The van der Waals surface area contributed by atoms with Crippen LogP contribution in [0.5, 0.6) is 0 Å². The SMILES string of the molecule is Cc1ccc(NC(=O)[C@H](C)OC(=O)CNC(=O)CNC(=O)c2cccs2)c(C)c1. The Labute approximate surface area is 172 Å². The number of thiophene rings is 1. The number of ether oxygens (including phenoxy) is 1. The summed E-state index contributed by atoms with van der Waals surface area (Å²) >= 11 is 1.26. The number of carbonyl (C=O) groups is 4. The monoisotopic (exact) mass is 417 g/mol. The van der Waals surface area contributed by atoms with Gasteiger partial charge < -0.3 is 20.7 Å². The van der Waals surface area contributed by atoms with Crippen molar-refractivity contribution in [1.82, 2.24) is 10.6 Å². The zero-order valence-electron chi connectivity index (χ0n) is 16.4. The van der Waals surface area contributed by atoms with Crippen molar-refractivity contribution < 1.29 is 23.9 Å². The molecular formula is C20H23N3O5S. The fourth-order valence-corrected chi connectivity index (χ4v) is 3.01. The van der Waals surface area contributed by atoms with Crippen LogP contribution in [0.2, 0.25) is 0 Å². The molecule has 2 rings (SSSR count). The lowest BCUT2D eigenvalue weighted by atomic mass is 10.1. The average Bonchev–Trinajstić information content (AvgIpc) is 3.21. The lowest BCUT2D eigenvalue weighted by Gasteiger charge is -2.15. The van der Waals surface area contributed by atoms with E-state index in [0.29, 0.717) is 10.6 Å². The first-order valence-electron chi connectivity index (χ1n) is 8.92. The number of aryl methyl sites for hydroxylation is 2. The van der Waals surface area contributed by atoms with Gasteiger partial charge >= 0.3 is 5.97 Å². The third kappa shape index (κ3) is 7.04. The van der Waals surface area contributed by atoms with Crippen LogP contribution in [-0.2, 0) is 19.1 Å². The van der Waals surface area contributed by atoms with Crippen LogP contribution in [0.1, 0.15) is 27.7 Å². The Hall–Kier alpha value is -3.20. The van der Waals surface area contributed by atoms with Crippen molar-refractivity contribution in [3.05, 3.63) is 51.7 Å². The molecule has 0 aliphatic heterocycles. The summed E-state index contributed by atoms with van der Waals surface area (Å²) in [5.74, 6) is -2.14. The van der Waals surface area contributed by atoms with Gasteiger partial charge in [-0.05, 0) is 43.8 Å². The molecule has 3 amide bonds. The molecule has 1 aromatic carbocycles. The summed E-state index contributed by atoms with van der Waals surface area (Å²) in [6.07, 6.45) is -1.03. The Balaban J connectivity index is 1.71. The molecule has 0 aliphatic rings. The number of amides is 3. The molecule has 0 unspecified atom stereocenters. The molecule has 1 aromatic heterocycles. The van der Waals surface area contributed by atoms with Gasteiger partial charge in [0.15, 0.2) is 6.10 Å². The Morgan fingerprint density at radius 3 is 2.48 bits per heavy atom. The molecule has 0 fully saturated rings. The predicted molar refractivity (Wildman–Crippen MR) is 110 cm³/mol. The van der Waals surface area contributed by atoms with E-state index in [9.17, 15) is 19.2 Å². The Bertz CT molecular complexity index is 896. The summed E-state index contributed by atoms with van der Waals surface area (Å²) in [4.78, 5) is 48.0. The summed E-state index contributed by atoms with van der Waals surface area (Å²) in [7, 11) is 0. The third-order valence-electron chi connectivity index (χ3n) is 3.90. The topological polar surface area (TPSA) is 114 Å². The molecule has 29 heavy (non-hydrogen) atoms. The van der Waals surface area contributed by atoms with Crippen LogP contribution in [0, 0.1) is 13.8 Å². The molecule has 0 spiro atoms. The third-order valence-corrected chi connectivity index (χ3v) is 4.77. The first-order valence-corrected chi connectivity index (χ1v) is 9.80. The maximum Gasteiger partial charge on any atom is 0.326 e. The van der Waals surface area contributed by atoms with Gasteiger partial charge in [0.25, 0.3) is 11.8 Å². The summed E-state index contributed by atoms with van der Waals surface area (Å²) < 4.78 is 5.03. The average molecular weight is 417 g/mol. The van der Waals surface area contributed by atoms with E-state index >= 15 is 0 Å². The fourth-order valence-electron chi connectivity index (χ4n) is 2.37. The van der Waals surface area contributed by atoms with Gasteiger partial charge in [-0.3, -0.25) is 19.2 Å². The molecule has 0 radical (unpaired) electrons. The van der Waals surface area contributed by atoms with E-state index in [1.807, 2.05) is 26.0 Å². The van der Waals surface area contributed by atoms with Crippen LogP contribution in [0.25, 0.3) is 0 Å². The number of rotatable bonds is 8. The number of anilines is 1. The molecule has 0 saturated heterocycles. The number of hydrogen-bond donors (Lipinski definition) is 3. The van der Waals surface area contributed by atoms with Crippen LogP contribution < -0.4 is 16.0 Å². The molecule has 154 valence electrons. The maximum atomic E-state index is 12.2. The molecule has 3 N–H and O–H groups in total. The minimum absolute atomic E-state index is 0.271. The van der Waals surface area contributed by atoms with Crippen LogP contribution in [0.15, 0.2) is 35.7 Å². The van der Waals surface area contributed by atoms with Crippen molar-refractivity contribution in [3.8, 4) is 0 Å². The standard InChI is InChI=1S/C20H23N3O5S/c1-12-6-7-15(13(2)9-12)23-19(26)14(3)28-18(25)11-21-17(24)10-22-20(27)16-5-4-8-29-16/h4-9,14H,10-11H2,1-3H3,(H,21,24)(H,22,27)(H,23,26)/t14-/m0/s1. The zero-order chi connectivity index (χ0) is 21.4. The van der Waals surface area contributed by atoms with E-state index in [1.54, 1.807) is 23.6 Å². The van der Waals surface area contributed by atoms with Crippen molar-refractivity contribution >= 4 is 40.7 Å². The van der Waals surface area contributed by atoms with Crippen LogP contribution in [0.3, 0.4) is 0 Å². The summed E-state index contributed by atoms with van der Waals surface area (Å²) in [5.41, 5.74) is 2.61. The first kappa shape index (κ1) is 22.1. The number of nitrogens with one attached hydrogen (secondary N) is 3. The van der Waals surface area contributed by atoms with E-state index in [0.717, 1.165) is 11.1 Å². The van der Waals surface area contributed by atoms with Crippen LogP contribution >= 0.6 is 11.3 Å². The molecular weight excluding hydrogens is 394 g/mol. The van der Waals surface area contributed by atoms with E-state index in [-0.39, 0.29) is 12.5 Å². The van der Waals surface area contributed by atoms with Gasteiger partial charge in [0.2, 0.25) is 5.91 Å². The summed E-state index contributed by atoms with van der Waals surface area (Å²) in [6, 6.07) is 8.94. The second-order valence-electron chi connectivity index (χ2n) is 6.38. The second-order valence-corrected chi connectivity index (χ2v) is 7.32. The van der Waals surface area contributed by atoms with Gasteiger partial charge in [0.1, 0.15) is 6.54 Å². The van der Waals surface area contributed by atoms with Crippen molar-refractivity contribution in [1.29, 1.82) is 0 Å². The molecule has 2 aromatic rings. The largest absolute Gasteiger partial charge is 0.451 e. The van der Waals surface area contributed by atoms with Crippen molar-refractivity contribution in [2.24, 2.45) is 0 Å². The van der Waals surface area contributed by atoms with E-state index < -0.39 is 30.4 Å². The minimum Gasteiger partial charge on any atom is -0.451 e. The highest BCUT2D eigenvalue weighted by Crippen LogP contribution is 2.16. The van der Waals surface area contributed by atoms with E-state index in [2.05, 4.69) is 16.0 Å².